The van der Waals surface area contributed by atoms with Crippen LogP contribution in [0.2, 0.25) is 0 Å². The zero-order valence-corrected chi connectivity index (χ0v) is 10.9. The zero-order valence-electron chi connectivity index (χ0n) is 10.9. The van der Waals surface area contributed by atoms with E-state index in [0.29, 0.717) is 6.04 Å². The van der Waals surface area contributed by atoms with Gasteiger partial charge in [-0.2, -0.15) is 0 Å². The second-order valence-electron chi connectivity index (χ2n) is 5.16. The number of nitrogens with zero attached hydrogens (tertiary/aromatic N) is 1. The molecule has 0 bridgehead atoms. The lowest BCUT2D eigenvalue weighted by Crippen LogP contribution is -2.30. The van der Waals surface area contributed by atoms with E-state index in [-0.39, 0.29) is 0 Å². The first-order valence-electron chi connectivity index (χ1n) is 6.46. The summed E-state index contributed by atoms with van der Waals surface area (Å²) in [6, 6.07) is 4.38. The van der Waals surface area contributed by atoms with Crippen LogP contribution in [0.15, 0.2) is 18.3 Å². The maximum Gasteiger partial charge on any atom is 0.168 e. The van der Waals surface area contributed by atoms with Gasteiger partial charge in [-0.15, -0.1) is 0 Å². The lowest BCUT2D eigenvalue weighted by molar-refractivity contribution is 0.260. The Bertz CT molecular complexity index is 367. The number of nitrogens with one attached hydrogen (secondary N) is 1. The number of aromatic nitrogens is 1. The molecule has 1 aliphatic carbocycles. The SMILES string of the molecule is COc1cccnc1NC1CCC(C)C(C)C1. The molecule has 17 heavy (non-hydrogen) atoms. The third-order valence-electron chi connectivity index (χ3n) is 3.93. The normalized spacial score (nSPS) is 28.8. The van der Waals surface area contributed by atoms with E-state index in [0.717, 1.165) is 23.4 Å². The van der Waals surface area contributed by atoms with Crippen LogP contribution in [-0.2, 0) is 0 Å². The summed E-state index contributed by atoms with van der Waals surface area (Å²) in [4.78, 5) is 4.35. The van der Waals surface area contributed by atoms with Gasteiger partial charge in [0.1, 0.15) is 0 Å². The van der Waals surface area contributed by atoms with E-state index < -0.39 is 0 Å². The van der Waals surface area contributed by atoms with Crippen molar-refractivity contribution in [2.24, 2.45) is 11.8 Å². The van der Waals surface area contributed by atoms with Crippen molar-refractivity contribution in [1.29, 1.82) is 0 Å². The number of anilines is 1. The predicted octanol–water partition coefficient (Wildman–Crippen LogP) is 3.33. The Morgan fingerprint density at radius 2 is 2.12 bits per heavy atom. The molecular formula is C14H22N2O. The largest absolute Gasteiger partial charge is 0.493 e. The van der Waals surface area contributed by atoms with E-state index in [2.05, 4.69) is 24.1 Å². The van der Waals surface area contributed by atoms with E-state index in [9.17, 15) is 0 Å². The Hall–Kier alpha value is -1.25. The Morgan fingerprint density at radius 1 is 1.29 bits per heavy atom. The van der Waals surface area contributed by atoms with Crippen molar-refractivity contribution in [3.05, 3.63) is 18.3 Å². The number of rotatable bonds is 3. The van der Waals surface area contributed by atoms with Crippen LogP contribution in [0.1, 0.15) is 33.1 Å². The van der Waals surface area contributed by atoms with Gasteiger partial charge in [-0.25, -0.2) is 4.98 Å². The monoisotopic (exact) mass is 234 g/mol. The standard InChI is InChI=1S/C14H22N2O/c1-10-6-7-12(9-11(10)2)16-14-13(17-3)5-4-8-15-14/h4-5,8,10-12H,6-7,9H2,1-3H3,(H,15,16). The van der Waals surface area contributed by atoms with Crippen molar-refractivity contribution >= 4 is 5.82 Å². The molecule has 1 aliphatic rings. The van der Waals surface area contributed by atoms with Crippen molar-refractivity contribution in [3.8, 4) is 5.75 Å². The van der Waals surface area contributed by atoms with Gasteiger partial charge in [0.25, 0.3) is 0 Å². The average molecular weight is 234 g/mol. The first kappa shape index (κ1) is 12.2. The van der Waals surface area contributed by atoms with E-state index in [1.165, 1.54) is 19.3 Å². The minimum absolute atomic E-state index is 0.532. The van der Waals surface area contributed by atoms with Crippen LogP contribution in [0, 0.1) is 11.8 Å². The van der Waals surface area contributed by atoms with E-state index in [4.69, 9.17) is 4.74 Å². The Morgan fingerprint density at radius 3 is 2.82 bits per heavy atom. The molecule has 94 valence electrons. The van der Waals surface area contributed by atoms with Crippen molar-refractivity contribution in [2.45, 2.75) is 39.2 Å². The number of hydrogen-bond donors (Lipinski definition) is 1. The summed E-state index contributed by atoms with van der Waals surface area (Å²) in [5, 5.41) is 3.52. The summed E-state index contributed by atoms with van der Waals surface area (Å²) in [6.07, 6.45) is 5.56. The van der Waals surface area contributed by atoms with Gasteiger partial charge in [-0.1, -0.05) is 13.8 Å². The third kappa shape index (κ3) is 2.90. The fourth-order valence-electron chi connectivity index (χ4n) is 2.54. The van der Waals surface area contributed by atoms with Crippen LogP contribution in [0.3, 0.4) is 0 Å². The highest BCUT2D eigenvalue weighted by molar-refractivity contribution is 5.50. The Labute approximate surface area is 104 Å². The lowest BCUT2D eigenvalue weighted by Gasteiger charge is -2.33. The summed E-state index contributed by atoms with van der Waals surface area (Å²) in [7, 11) is 1.69. The van der Waals surface area contributed by atoms with E-state index in [1.807, 2.05) is 12.1 Å². The second kappa shape index (κ2) is 5.39. The van der Waals surface area contributed by atoms with Crippen LogP contribution in [0.4, 0.5) is 5.82 Å². The second-order valence-corrected chi connectivity index (χ2v) is 5.16. The van der Waals surface area contributed by atoms with Crippen LogP contribution in [0.5, 0.6) is 5.75 Å². The van der Waals surface area contributed by atoms with Crippen molar-refractivity contribution in [3.63, 3.8) is 0 Å². The molecule has 0 aliphatic heterocycles. The zero-order chi connectivity index (χ0) is 12.3. The maximum atomic E-state index is 5.31. The topological polar surface area (TPSA) is 34.1 Å². The van der Waals surface area contributed by atoms with Gasteiger partial charge >= 0.3 is 0 Å². The van der Waals surface area contributed by atoms with Crippen molar-refractivity contribution in [2.75, 3.05) is 12.4 Å². The molecule has 0 radical (unpaired) electrons. The van der Waals surface area contributed by atoms with Crippen LogP contribution in [-0.4, -0.2) is 18.1 Å². The first-order valence-corrected chi connectivity index (χ1v) is 6.46. The summed E-state index contributed by atoms with van der Waals surface area (Å²) >= 11 is 0. The fourth-order valence-corrected chi connectivity index (χ4v) is 2.54. The quantitative estimate of drug-likeness (QED) is 0.871. The number of pyridine rings is 1. The first-order chi connectivity index (χ1) is 8.20. The van der Waals surface area contributed by atoms with Gasteiger partial charge in [-0.05, 0) is 43.2 Å². The minimum atomic E-state index is 0.532. The minimum Gasteiger partial charge on any atom is -0.493 e. The number of hydrogen-bond acceptors (Lipinski definition) is 3. The summed E-state index contributed by atoms with van der Waals surface area (Å²) < 4.78 is 5.31. The van der Waals surface area contributed by atoms with Crippen molar-refractivity contribution in [1.82, 2.24) is 4.98 Å². The van der Waals surface area contributed by atoms with Gasteiger partial charge in [0.2, 0.25) is 0 Å². The van der Waals surface area contributed by atoms with Gasteiger partial charge < -0.3 is 10.1 Å². The molecule has 3 atom stereocenters. The molecule has 1 heterocycles. The van der Waals surface area contributed by atoms with Gasteiger partial charge in [0.15, 0.2) is 11.6 Å². The van der Waals surface area contributed by atoms with E-state index in [1.54, 1.807) is 13.3 Å². The number of methoxy groups -OCH3 is 1. The molecular weight excluding hydrogens is 212 g/mol. The fraction of sp³-hybridized carbons (Fsp3) is 0.643. The molecule has 0 spiro atoms. The molecule has 1 saturated carbocycles. The molecule has 3 unspecified atom stereocenters. The highest BCUT2D eigenvalue weighted by Crippen LogP contribution is 2.32. The Balaban J connectivity index is 2.01. The Kier molecular flexibility index (Phi) is 3.87. The smallest absolute Gasteiger partial charge is 0.168 e. The third-order valence-corrected chi connectivity index (χ3v) is 3.93. The molecule has 1 aromatic rings. The summed E-state index contributed by atoms with van der Waals surface area (Å²) in [5.41, 5.74) is 0. The highest BCUT2D eigenvalue weighted by Gasteiger charge is 2.25. The molecule has 3 heteroatoms. The van der Waals surface area contributed by atoms with Gasteiger partial charge in [-0.3, -0.25) is 0 Å². The van der Waals surface area contributed by atoms with Crippen molar-refractivity contribution < 1.29 is 4.74 Å². The van der Waals surface area contributed by atoms with Crippen LogP contribution >= 0.6 is 0 Å². The van der Waals surface area contributed by atoms with Crippen LogP contribution in [0.25, 0.3) is 0 Å². The molecule has 1 fully saturated rings. The molecule has 1 N–H and O–H groups in total. The molecule has 0 amide bonds. The molecule has 2 rings (SSSR count). The summed E-state index contributed by atoms with van der Waals surface area (Å²) in [6.45, 7) is 4.69. The van der Waals surface area contributed by atoms with Crippen LogP contribution < -0.4 is 10.1 Å². The molecule has 0 saturated heterocycles. The molecule has 3 nitrogen and oxygen atoms in total. The number of ether oxygens (including phenoxy) is 1. The predicted molar refractivity (Wildman–Crippen MR) is 70.4 cm³/mol. The highest BCUT2D eigenvalue weighted by atomic mass is 16.5. The van der Waals surface area contributed by atoms with Gasteiger partial charge in [0.05, 0.1) is 7.11 Å². The summed E-state index contributed by atoms with van der Waals surface area (Å²) in [5.74, 6) is 3.34. The maximum absolute atomic E-state index is 5.31. The lowest BCUT2D eigenvalue weighted by atomic mass is 9.79. The van der Waals surface area contributed by atoms with E-state index >= 15 is 0 Å². The molecule has 1 aromatic heterocycles. The molecule has 0 aromatic carbocycles. The average Bonchev–Trinajstić information content (AvgIpc) is 2.34. The van der Waals surface area contributed by atoms with Gasteiger partial charge in [0, 0.05) is 12.2 Å².